The van der Waals surface area contributed by atoms with Crippen LogP contribution < -0.4 is 0 Å². The van der Waals surface area contributed by atoms with Crippen molar-refractivity contribution in [3.05, 3.63) is 59.1 Å². The van der Waals surface area contributed by atoms with Crippen molar-refractivity contribution in [2.45, 2.75) is 6.92 Å². The molecule has 2 nitrogen and oxygen atoms in total. The average Bonchev–Trinajstić information content (AvgIpc) is 2.77. The van der Waals surface area contributed by atoms with Gasteiger partial charge in [0.1, 0.15) is 17.9 Å². The summed E-state index contributed by atoms with van der Waals surface area (Å²) in [7, 11) is 0. The first-order valence-corrected chi connectivity index (χ1v) is 4.62. The molecule has 0 N–H and O–H groups in total. The van der Waals surface area contributed by atoms with Gasteiger partial charge in [-0.15, -0.1) is 0 Å². The van der Waals surface area contributed by atoms with E-state index in [2.05, 4.69) is 0 Å². The summed E-state index contributed by atoms with van der Waals surface area (Å²) in [5.41, 5.74) is -0.182. The van der Waals surface area contributed by atoms with Gasteiger partial charge in [-0.25, -0.2) is 8.78 Å². The van der Waals surface area contributed by atoms with Crippen LogP contribution in [0.1, 0.15) is 21.5 Å². The van der Waals surface area contributed by atoms with E-state index in [1.54, 1.807) is 0 Å². The smallest absolute Gasteiger partial charge is 0.202 e. The zero-order valence-electron chi connectivity index (χ0n) is 8.46. The zero-order valence-corrected chi connectivity index (χ0v) is 8.46. The molecule has 4 heteroatoms. The maximum absolute atomic E-state index is 13.6. The molecule has 16 heavy (non-hydrogen) atoms. The second-order valence-corrected chi connectivity index (χ2v) is 3.39. The van der Waals surface area contributed by atoms with Crippen LogP contribution >= 0.6 is 0 Å². The van der Waals surface area contributed by atoms with Crippen molar-refractivity contribution in [1.82, 2.24) is 0 Å². The van der Waals surface area contributed by atoms with Gasteiger partial charge in [0.25, 0.3) is 0 Å². The summed E-state index contributed by atoms with van der Waals surface area (Å²) in [6, 6.07) is 3.73. The topological polar surface area (TPSA) is 30.2 Å². The van der Waals surface area contributed by atoms with Crippen LogP contribution in [0.4, 0.5) is 8.78 Å². The summed E-state index contributed by atoms with van der Waals surface area (Å²) in [5, 5.41) is 0. The predicted molar refractivity (Wildman–Crippen MR) is 53.2 cm³/mol. The van der Waals surface area contributed by atoms with E-state index in [0.29, 0.717) is 0 Å². The molecule has 0 spiro atoms. The predicted octanol–water partition coefficient (Wildman–Crippen LogP) is 3.10. The van der Waals surface area contributed by atoms with Crippen LogP contribution in [-0.2, 0) is 0 Å². The molecule has 0 aliphatic heterocycles. The van der Waals surface area contributed by atoms with Gasteiger partial charge in [-0.2, -0.15) is 0 Å². The summed E-state index contributed by atoms with van der Waals surface area (Å²) in [5.74, 6) is -2.41. The molecule has 1 aromatic carbocycles. The van der Waals surface area contributed by atoms with E-state index >= 15 is 0 Å². The van der Waals surface area contributed by atoms with Crippen LogP contribution in [0.2, 0.25) is 0 Å². The largest absolute Gasteiger partial charge is 0.472 e. The Bertz CT molecular complexity index is 530. The Labute approximate surface area is 90.5 Å². The van der Waals surface area contributed by atoms with Gasteiger partial charge in [0.05, 0.1) is 17.4 Å². The lowest BCUT2D eigenvalue weighted by atomic mass is 10.0. The molecule has 82 valence electrons. The van der Waals surface area contributed by atoms with Crippen molar-refractivity contribution in [1.29, 1.82) is 0 Å². The minimum Gasteiger partial charge on any atom is -0.472 e. The average molecular weight is 222 g/mol. The first-order valence-electron chi connectivity index (χ1n) is 4.62. The second-order valence-electron chi connectivity index (χ2n) is 3.39. The summed E-state index contributed by atoms with van der Waals surface area (Å²) >= 11 is 0. The molecule has 0 aliphatic carbocycles. The molecule has 0 saturated heterocycles. The van der Waals surface area contributed by atoms with Gasteiger partial charge in [0.2, 0.25) is 5.78 Å². The number of hydrogen-bond acceptors (Lipinski definition) is 2. The molecule has 0 radical (unpaired) electrons. The molecule has 2 rings (SSSR count). The highest BCUT2D eigenvalue weighted by atomic mass is 19.1. The number of ketones is 1. The summed E-state index contributed by atoms with van der Waals surface area (Å²) in [4.78, 5) is 11.8. The third kappa shape index (κ3) is 1.62. The van der Waals surface area contributed by atoms with Crippen molar-refractivity contribution < 1.29 is 18.0 Å². The SMILES string of the molecule is Cc1ccc(F)c(C(=O)c2ccoc2)c1F. The fraction of sp³-hybridized carbons (Fsp3) is 0.0833. The zero-order chi connectivity index (χ0) is 11.7. The molecule has 0 fully saturated rings. The summed E-state index contributed by atoms with van der Waals surface area (Å²) < 4.78 is 31.7. The lowest BCUT2D eigenvalue weighted by Gasteiger charge is -2.04. The first-order chi connectivity index (χ1) is 7.61. The number of carbonyl (C=O) groups is 1. The maximum atomic E-state index is 13.6. The Morgan fingerprint density at radius 3 is 2.62 bits per heavy atom. The quantitative estimate of drug-likeness (QED) is 0.731. The number of furan rings is 1. The van der Waals surface area contributed by atoms with E-state index in [0.717, 1.165) is 12.3 Å². The molecule has 0 saturated carbocycles. The molecule has 1 aromatic heterocycles. The molecule has 2 aromatic rings. The first kappa shape index (κ1) is 10.5. The lowest BCUT2D eigenvalue weighted by molar-refractivity contribution is 0.103. The molecular formula is C12H8F2O2. The van der Waals surface area contributed by atoms with Gasteiger partial charge in [-0.3, -0.25) is 4.79 Å². The fourth-order valence-corrected chi connectivity index (χ4v) is 1.40. The van der Waals surface area contributed by atoms with Crippen molar-refractivity contribution >= 4 is 5.78 Å². The van der Waals surface area contributed by atoms with Crippen LogP contribution in [0.5, 0.6) is 0 Å². The third-order valence-corrected chi connectivity index (χ3v) is 2.29. The van der Waals surface area contributed by atoms with E-state index in [4.69, 9.17) is 4.42 Å². The monoisotopic (exact) mass is 222 g/mol. The Morgan fingerprint density at radius 2 is 2.00 bits per heavy atom. The molecule has 0 aliphatic rings. The van der Waals surface area contributed by atoms with Gasteiger partial charge < -0.3 is 4.42 Å². The maximum Gasteiger partial charge on any atom is 0.202 e. The number of halogens is 2. The highest BCUT2D eigenvalue weighted by molar-refractivity contribution is 6.09. The van der Waals surface area contributed by atoms with E-state index in [-0.39, 0.29) is 11.1 Å². The van der Waals surface area contributed by atoms with Gasteiger partial charge >= 0.3 is 0 Å². The van der Waals surface area contributed by atoms with Crippen molar-refractivity contribution in [2.75, 3.05) is 0 Å². The van der Waals surface area contributed by atoms with Crippen molar-refractivity contribution in [3.8, 4) is 0 Å². The normalized spacial score (nSPS) is 10.4. The Kier molecular flexibility index (Phi) is 2.56. The van der Waals surface area contributed by atoms with E-state index in [9.17, 15) is 13.6 Å². The van der Waals surface area contributed by atoms with Crippen molar-refractivity contribution in [2.24, 2.45) is 0 Å². The minimum atomic E-state index is -0.866. The molecule has 0 bridgehead atoms. The molecule has 1 heterocycles. The molecule has 0 unspecified atom stereocenters. The number of hydrogen-bond donors (Lipinski definition) is 0. The van der Waals surface area contributed by atoms with E-state index in [1.807, 2.05) is 0 Å². The van der Waals surface area contributed by atoms with Crippen LogP contribution in [-0.4, -0.2) is 5.78 Å². The Balaban J connectivity index is 2.56. The second kappa shape index (κ2) is 3.89. The van der Waals surface area contributed by atoms with Crippen LogP contribution in [0.3, 0.4) is 0 Å². The third-order valence-electron chi connectivity index (χ3n) is 2.29. The van der Waals surface area contributed by atoms with Gasteiger partial charge in [-0.05, 0) is 24.6 Å². The minimum absolute atomic E-state index is 0.128. The van der Waals surface area contributed by atoms with Gasteiger partial charge in [0, 0.05) is 0 Å². The number of benzene rings is 1. The van der Waals surface area contributed by atoms with Gasteiger partial charge in [0.15, 0.2) is 0 Å². The molecule has 0 atom stereocenters. The van der Waals surface area contributed by atoms with Gasteiger partial charge in [-0.1, -0.05) is 6.07 Å². The number of carbonyl (C=O) groups excluding carboxylic acids is 1. The lowest BCUT2D eigenvalue weighted by Crippen LogP contribution is -2.07. The van der Waals surface area contributed by atoms with E-state index in [1.165, 1.54) is 25.3 Å². The van der Waals surface area contributed by atoms with Crippen LogP contribution in [0, 0.1) is 18.6 Å². The summed E-state index contributed by atoms with van der Waals surface area (Å²) in [6.07, 6.45) is 2.43. The Morgan fingerprint density at radius 1 is 1.25 bits per heavy atom. The van der Waals surface area contributed by atoms with Crippen molar-refractivity contribution in [3.63, 3.8) is 0 Å². The van der Waals surface area contributed by atoms with Crippen LogP contribution in [0.15, 0.2) is 35.1 Å². The van der Waals surface area contributed by atoms with E-state index < -0.39 is 23.0 Å². The standard InChI is InChI=1S/C12H8F2O2/c1-7-2-3-9(13)10(11(7)14)12(15)8-4-5-16-6-8/h2-6H,1H3. The Hall–Kier alpha value is -1.97. The van der Waals surface area contributed by atoms with Crippen LogP contribution in [0.25, 0.3) is 0 Å². The number of rotatable bonds is 2. The number of aryl methyl sites for hydroxylation is 1. The highest BCUT2D eigenvalue weighted by Crippen LogP contribution is 2.20. The highest BCUT2D eigenvalue weighted by Gasteiger charge is 2.20. The summed E-state index contributed by atoms with van der Waals surface area (Å²) in [6.45, 7) is 1.47. The molecular weight excluding hydrogens is 214 g/mol. The molecule has 0 amide bonds. The fourth-order valence-electron chi connectivity index (χ4n) is 1.40.